The van der Waals surface area contributed by atoms with Crippen LogP contribution in [0.5, 0.6) is 0 Å². The number of carbonyl (C=O) groups is 1. The van der Waals surface area contributed by atoms with Gasteiger partial charge in [0, 0.05) is 19.2 Å². The third-order valence-electron chi connectivity index (χ3n) is 3.44. The van der Waals surface area contributed by atoms with E-state index in [1.54, 1.807) is 13.3 Å². The highest BCUT2D eigenvalue weighted by molar-refractivity contribution is 5.78. The summed E-state index contributed by atoms with van der Waals surface area (Å²) in [5.74, 6) is -0.0696. The minimum absolute atomic E-state index is 0.0125. The second kappa shape index (κ2) is 5.97. The second-order valence-corrected chi connectivity index (χ2v) is 4.65. The van der Waals surface area contributed by atoms with Crippen molar-refractivity contribution in [1.29, 1.82) is 0 Å². The Labute approximate surface area is 106 Å². The first-order valence-corrected chi connectivity index (χ1v) is 6.17. The Bertz CT molecular complexity index is 380. The molecule has 0 saturated heterocycles. The lowest BCUT2D eigenvalue weighted by atomic mass is 9.84. The zero-order valence-electron chi connectivity index (χ0n) is 10.4. The maximum absolute atomic E-state index is 12.0. The van der Waals surface area contributed by atoms with E-state index >= 15 is 0 Å². The van der Waals surface area contributed by atoms with Gasteiger partial charge in [-0.15, -0.1) is 0 Å². The van der Waals surface area contributed by atoms with Crippen LogP contribution in [0, 0.1) is 5.92 Å². The lowest BCUT2D eigenvalue weighted by Gasteiger charge is -2.31. The van der Waals surface area contributed by atoms with Gasteiger partial charge >= 0.3 is 0 Å². The van der Waals surface area contributed by atoms with E-state index in [0.29, 0.717) is 25.8 Å². The lowest BCUT2D eigenvalue weighted by molar-refractivity contribution is -0.130. The van der Waals surface area contributed by atoms with Gasteiger partial charge < -0.3 is 15.2 Å². The summed E-state index contributed by atoms with van der Waals surface area (Å²) in [7, 11) is 1.57. The zero-order valence-corrected chi connectivity index (χ0v) is 10.4. The summed E-state index contributed by atoms with van der Waals surface area (Å²) in [4.78, 5) is 12.0. The quantitative estimate of drug-likeness (QED) is 0.715. The lowest BCUT2D eigenvalue weighted by Crippen LogP contribution is -2.41. The van der Waals surface area contributed by atoms with Crippen molar-refractivity contribution in [2.45, 2.75) is 38.0 Å². The van der Waals surface area contributed by atoms with Crippen LogP contribution in [0.25, 0.3) is 0 Å². The van der Waals surface area contributed by atoms with Crippen LogP contribution in [0.15, 0.2) is 12.3 Å². The molecule has 1 saturated carbocycles. The van der Waals surface area contributed by atoms with Gasteiger partial charge in [-0.05, 0) is 25.3 Å². The molecule has 0 unspecified atom stereocenters. The summed E-state index contributed by atoms with van der Waals surface area (Å²) in [6.45, 7) is 0.454. The van der Waals surface area contributed by atoms with E-state index in [9.17, 15) is 9.90 Å². The van der Waals surface area contributed by atoms with Crippen LogP contribution in [-0.4, -0.2) is 40.5 Å². The third kappa shape index (κ3) is 3.08. The number of nitrogens with zero attached hydrogens (tertiary/aromatic N) is 1. The van der Waals surface area contributed by atoms with Gasteiger partial charge in [0.1, 0.15) is 0 Å². The van der Waals surface area contributed by atoms with E-state index < -0.39 is 6.10 Å². The molecule has 1 heterocycles. The SMILES string of the molecule is CO[C@@H]1C[C@H](C(=O)NCc2ccn[nH]2)CC[C@@H]1O. The van der Waals surface area contributed by atoms with Crippen LogP contribution in [0.4, 0.5) is 0 Å². The standard InChI is InChI=1S/C12H19N3O3/c1-18-11-6-8(2-3-10(11)16)12(17)13-7-9-4-5-14-15-9/h4-5,8,10-11,16H,2-3,6-7H2,1H3,(H,13,17)(H,14,15)/t8-,10+,11-/m1/s1. The molecule has 2 rings (SSSR count). The molecular formula is C12H19N3O3. The molecule has 1 aliphatic carbocycles. The van der Waals surface area contributed by atoms with Crippen LogP contribution in [0.3, 0.4) is 0 Å². The van der Waals surface area contributed by atoms with Gasteiger partial charge in [-0.1, -0.05) is 0 Å². The third-order valence-corrected chi connectivity index (χ3v) is 3.44. The van der Waals surface area contributed by atoms with Crippen LogP contribution in [0.2, 0.25) is 0 Å². The predicted molar refractivity (Wildman–Crippen MR) is 64.6 cm³/mol. The summed E-state index contributed by atoms with van der Waals surface area (Å²) in [5.41, 5.74) is 0.877. The maximum atomic E-state index is 12.0. The summed E-state index contributed by atoms with van der Waals surface area (Å²) in [6.07, 6.45) is 2.86. The summed E-state index contributed by atoms with van der Waals surface area (Å²) >= 11 is 0. The molecule has 6 nitrogen and oxygen atoms in total. The number of aliphatic hydroxyl groups excluding tert-OH is 1. The molecule has 100 valence electrons. The van der Waals surface area contributed by atoms with Crippen molar-refractivity contribution >= 4 is 5.91 Å². The van der Waals surface area contributed by atoms with Crippen molar-refractivity contribution in [3.8, 4) is 0 Å². The number of ether oxygens (including phenoxy) is 1. The number of nitrogens with one attached hydrogen (secondary N) is 2. The van der Waals surface area contributed by atoms with Crippen molar-refractivity contribution in [3.63, 3.8) is 0 Å². The van der Waals surface area contributed by atoms with E-state index in [4.69, 9.17) is 4.74 Å². The molecule has 1 aromatic heterocycles. The molecule has 0 bridgehead atoms. The fourth-order valence-corrected chi connectivity index (χ4v) is 2.31. The highest BCUT2D eigenvalue weighted by Crippen LogP contribution is 2.26. The van der Waals surface area contributed by atoms with Gasteiger partial charge in [0.2, 0.25) is 5.91 Å². The van der Waals surface area contributed by atoms with Gasteiger partial charge in [-0.25, -0.2) is 0 Å². The Morgan fingerprint density at radius 1 is 1.67 bits per heavy atom. The Hall–Kier alpha value is -1.40. The van der Waals surface area contributed by atoms with E-state index in [1.165, 1.54) is 0 Å². The molecule has 0 spiro atoms. The molecule has 0 aromatic carbocycles. The second-order valence-electron chi connectivity index (χ2n) is 4.65. The normalized spacial score (nSPS) is 28.0. The topological polar surface area (TPSA) is 87.2 Å². The van der Waals surface area contributed by atoms with Gasteiger partial charge in [-0.3, -0.25) is 9.89 Å². The predicted octanol–water partition coefficient (Wildman–Crippen LogP) is 0.202. The van der Waals surface area contributed by atoms with E-state index in [-0.39, 0.29) is 17.9 Å². The Balaban J connectivity index is 1.82. The van der Waals surface area contributed by atoms with E-state index in [2.05, 4.69) is 15.5 Å². The van der Waals surface area contributed by atoms with Crippen molar-refractivity contribution in [3.05, 3.63) is 18.0 Å². The molecular weight excluding hydrogens is 234 g/mol. The minimum Gasteiger partial charge on any atom is -0.390 e. The van der Waals surface area contributed by atoms with Crippen LogP contribution in [0.1, 0.15) is 25.0 Å². The number of aromatic nitrogens is 2. The average molecular weight is 253 g/mol. The van der Waals surface area contributed by atoms with E-state index in [0.717, 1.165) is 5.69 Å². The molecule has 18 heavy (non-hydrogen) atoms. The largest absolute Gasteiger partial charge is 0.390 e. The number of rotatable bonds is 4. The molecule has 1 aliphatic rings. The van der Waals surface area contributed by atoms with E-state index in [1.807, 2.05) is 6.07 Å². The van der Waals surface area contributed by atoms with Crippen LogP contribution in [-0.2, 0) is 16.1 Å². The summed E-state index contributed by atoms with van der Waals surface area (Å²) < 4.78 is 5.19. The molecule has 3 atom stereocenters. The number of aromatic amines is 1. The Kier molecular flexibility index (Phi) is 4.33. The number of H-pyrrole nitrogens is 1. The first kappa shape index (κ1) is 13.0. The fraction of sp³-hybridized carbons (Fsp3) is 0.667. The molecule has 0 aliphatic heterocycles. The molecule has 1 amide bonds. The van der Waals surface area contributed by atoms with Gasteiger partial charge in [0.15, 0.2) is 0 Å². The number of carbonyl (C=O) groups excluding carboxylic acids is 1. The van der Waals surface area contributed by atoms with Gasteiger partial charge in [0.05, 0.1) is 24.4 Å². The number of hydrogen-bond acceptors (Lipinski definition) is 4. The van der Waals surface area contributed by atoms with Crippen molar-refractivity contribution in [2.75, 3.05) is 7.11 Å². The zero-order chi connectivity index (χ0) is 13.0. The van der Waals surface area contributed by atoms with Crippen LogP contribution < -0.4 is 5.32 Å². The Morgan fingerprint density at radius 3 is 3.17 bits per heavy atom. The summed E-state index contributed by atoms with van der Waals surface area (Å²) in [5, 5.41) is 19.2. The minimum atomic E-state index is -0.452. The van der Waals surface area contributed by atoms with Crippen LogP contribution >= 0.6 is 0 Å². The first-order chi connectivity index (χ1) is 8.70. The monoisotopic (exact) mass is 253 g/mol. The van der Waals surface area contributed by atoms with Gasteiger partial charge in [-0.2, -0.15) is 5.10 Å². The number of hydrogen-bond donors (Lipinski definition) is 3. The molecule has 3 N–H and O–H groups in total. The maximum Gasteiger partial charge on any atom is 0.223 e. The van der Waals surface area contributed by atoms with Crippen molar-refractivity contribution < 1.29 is 14.6 Å². The first-order valence-electron chi connectivity index (χ1n) is 6.17. The van der Waals surface area contributed by atoms with Crippen molar-refractivity contribution in [1.82, 2.24) is 15.5 Å². The Morgan fingerprint density at radius 2 is 2.50 bits per heavy atom. The fourth-order valence-electron chi connectivity index (χ4n) is 2.31. The molecule has 0 radical (unpaired) electrons. The average Bonchev–Trinajstić information content (AvgIpc) is 2.89. The number of aliphatic hydroxyl groups is 1. The molecule has 6 heteroatoms. The highest BCUT2D eigenvalue weighted by Gasteiger charge is 2.32. The smallest absolute Gasteiger partial charge is 0.223 e. The summed E-state index contributed by atoms with van der Waals surface area (Å²) in [6, 6.07) is 1.82. The van der Waals surface area contributed by atoms with Crippen molar-refractivity contribution in [2.24, 2.45) is 5.92 Å². The molecule has 1 fully saturated rings. The number of methoxy groups -OCH3 is 1. The number of amides is 1. The highest BCUT2D eigenvalue weighted by atomic mass is 16.5. The molecule has 1 aromatic rings. The van der Waals surface area contributed by atoms with Gasteiger partial charge in [0.25, 0.3) is 0 Å².